The number of likely N-dealkylation sites (tertiary alicyclic amines) is 1. The van der Waals surface area contributed by atoms with Crippen molar-refractivity contribution in [3.63, 3.8) is 0 Å². The Morgan fingerprint density at radius 3 is 2.62 bits per heavy atom. The van der Waals surface area contributed by atoms with Crippen LogP contribution in [0.15, 0.2) is 24.3 Å². The molecule has 1 heterocycles. The number of benzene rings is 1. The van der Waals surface area contributed by atoms with Crippen LogP contribution in [0.2, 0.25) is 0 Å². The van der Waals surface area contributed by atoms with Gasteiger partial charge in [-0.1, -0.05) is 18.9 Å². The molecule has 1 aliphatic heterocycles. The number of amides is 1. The van der Waals surface area contributed by atoms with Gasteiger partial charge in [-0.15, -0.1) is 0 Å². The van der Waals surface area contributed by atoms with Crippen LogP contribution < -0.4 is 5.32 Å². The van der Waals surface area contributed by atoms with Gasteiger partial charge in [0, 0.05) is 30.9 Å². The van der Waals surface area contributed by atoms with Gasteiger partial charge < -0.3 is 20.4 Å². The molecule has 5 nitrogen and oxygen atoms in total. The van der Waals surface area contributed by atoms with Gasteiger partial charge in [0.15, 0.2) is 0 Å². The average molecular weight is 292 g/mol. The second-order valence-corrected chi connectivity index (χ2v) is 5.50. The Morgan fingerprint density at radius 2 is 1.95 bits per heavy atom. The number of hydrogen-bond acceptors (Lipinski definition) is 4. The van der Waals surface area contributed by atoms with Crippen molar-refractivity contribution in [2.45, 2.75) is 31.8 Å². The summed E-state index contributed by atoms with van der Waals surface area (Å²) in [7, 11) is 0. The third kappa shape index (κ3) is 4.72. The molecule has 0 aromatic heterocycles. The first-order chi connectivity index (χ1) is 10.2. The lowest BCUT2D eigenvalue weighted by Crippen LogP contribution is -2.31. The Bertz CT molecular complexity index is 457. The minimum atomic E-state index is -0.796. The van der Waals surface area contributed by atoms with Crippen molar-refractivity contribution >= 4 is 11.6 Å². The molecular weight excluding hydrogens is 268 g/mol. The predicted octanol–water partition coefficient (Wildman–Crippen LogP) is 1.47. The molecule has 3 N–H and O–H groups in total. The first kappa shape index (κ1) is 15.8. The molecule has 1 unspecified atom stereocenters. The molecule has 1 fully saturated rings. The summed E-state index contributed by atoms with van der Waals surface area (Å²) in [5.41, 5.74) is 1.45. The topological polar surface area (TPSA) is 72.8 Å². The molecule has 1 saturated heterocycles. The molecule has 0 aliphatic carbocycles. The third-order valence-corrected chi connectivity index (χ3v) is 3.76. The fraction of sp³-hybridized carbons (Fsp3) is 0.562. The number of aliphatic hydroxyl groups is 2. The SMILES string of the molecule is O=C(c1cccc(NCC(O)CO)c1)N1CCCCCC1. The van der Waals surface area contributed by atoms with Gasteiger partial charge in [0.25, 0.3) is 5.91 Å². The average Bonchev–Trinajstić information content (AvgIpc) is 2.81. The molecule has 5 heteroatoms. The van der Waals surface area contributed by atoms with Crippen LogP contribution in [0.5, 0.6) is 0 Å². The molecule has 2 rings (SSSR count). The van der Waals surface area contributed by atoms with Crippen LogP contribution in [-0.4, -0.2) is 53.4 Å². The molecule has 116 valence electrons. The molecule has 1 aromatic carbocycles. The molecular formula is C16H24N2O3. The van der Waals surface area contributed by atoms with Gasteiger partial charge in [-0.05, 0) is 31.0 Å². The van der Waals surface area contributed by atoms with Gasteiger partial charge in [-0.25, -0.2) is 0 Å². The summed E-state index contributed by atoms with van der Waals surface area (Å²) in [5, 5.41) is 21.2. The lowest BCUT2D eigenvalue weighted by Gasteiger charge is -2.20. The molecule has 0 bridgehead atoms. The van der Waals surface area contributed by atoms with E-state index in [1.54, 1.807) is 6.07 Å². The van der Waals surface area contributed by atoms with Crippen molar-refractivity contribution in [3.05, 3.63) is 29.8 Å². The largest absolute Gasteiger partial charge is 0.394 e. The summed E-state index contributed by atoms with van der Waals surface area (Å²) in [6, 6.07) is 7.31. The number of carbonyl (C=O) groups is 1. The number of anilines is 1. The number of carbonyl (C=O) groups excluding carboxylic acids is 1. The second-order valence-electron chi connectivity index (χ2n) is 5.50. The van der Waals surface area contributed by atoms with Gasteiger partial charge in [0.1, 0.15) is 0 Å². The molecule has 1 aromatic rings. The molecule has 0 saturated carbocycles. The van der Waals surface area contributed by atoms with Crippen LogP contribution in [-0.2, 0) is 0 Å². The summed E-state index contributed by atoms with van der Waals surface area (Å²) >= 11 is 0. The zero-order valence-corrected chi connectivity index (χ0v) is 12.3. The molecule has 0 radical (unpaired) electrons. The molecule has 0 spiro atoms. The van der Waals surface area contributed by atoms with Crippen LogP contribution in [0.4, 0.5) is 5.69 Å². The van der Waals surface area contributed by atoms with Crippen molar-refractivity contribution in [3.8, 4) is 0 Å². The normalized spacial score (nSPS) is 17.1. The van der Waals surface area contributed by atoms with E-state index in [4.69, 9.17) is 5.11 Å². The lowest BCUT2D eigenvalue weighted by molar-refractivity contribution is 0.0761. The summed E-state index contributed by atoms with van der Waals surface area (Å²) in [6.45, 7) is 1.65. The number of hydrogen-bond donors (Lipinski definition) is 3. The van der Waals surface area contributed by atoms with E-state index in [1.165, 1.54) is 12.8 Å². The lowest BCUT2D eigenvalue weighted by atomic mass is 10.1. The first-order valence-electron chi connectivity index (χ1n) is 7.63. The summed E-state index contributed by atoms with van der Waals surface area (Å²) < 4.78 is 0. The van der Waals surface area contributed by atoms with E-state index in [0.29, 0.717) is 5.56 Å². The maximum atomic E-state index is 12.5. The van der Waals surface area contributed by atoms with E-state index in [2.05, 4.69) is 5.32 Å². The summed E-state index contributed by atoms with van der Waals surface area (Å²) in [6.07, 6.45) is 3.75. The Labute approximate surface area is 125 Å². The molecule has 1 atom stereocenters. The Morgan fingerprint density at radius 1 is 1.24 bits per heavy atom. The zero-order valence-electron chi connectivity index (χ0n) is 12.3. The first-order valence-corrected chi connectivity index (χ1v) is 7.63. The minimum absolute atomic E-state index is 0.0725. The highest BCUT2D eigenvalue weighted by Gasteiger charge is 2.17. The van der Waals surface area contributed by atoms with Gasteiger partial charge >= 0.3 is 0 Å². The molecule has 1 amide bonds. The van der Waals surface area contributed by atoms with E-state index in [0.717, 1.165) is 31.6 Å². The standard InChI is InChI=1S/C16H24N2O3/c19-12-15(20)11-17-14-7-5-6-13(10-14)16(21)18-8-3-1-2-4-9-18/h5-7,10,15,17,19-20H,1-4,8-9,11-12H2. The molecule has 21 heavy (non-hydrogen) atoms. The predicted molar refractivity (Wildman–Crippen MR) is 82.4 cm³/mol. The Hall–Kier alpha value is -1.59. The van der Waals surface area contributed by atoms with Crippen molar-refractivity contribution in [2.75, 3.05) is 31.6 Å². The van der Waals surface area contributed by atoms with Crippen LogP contribution in [0.3, 0.4) is 0 Å². The summed E-state index contributed by atoms with van der Waals surface area (Å²) in [5.74, 6) is 0.0725. The Kier molecular flexibility index (Phi) is 6.02. The van der Waals surface area contributed by atoms with E-state index >= 15 is 0 Å². The quantitative estimate of drug-likeness (QED) is 0.768. The van der Waals surface area contributed by atoms with E-state index in [9.17, 15) is 9.90 Å². The monoisotopic (exact) mass is 292 g/mol. The number of rotatable bonds is 5. The fourth-order valence-electron chi connectivity index (χ4n) is 2.52. The highest BCUT2D eigenvalue weighted by atomic mass is 16.3. The van der Waals surface area contributed by atoms with Crippen molar-refractivity contribution in [1.82, 2.24) is 4.90 Å². The van der Waals surface area contributed by atoms with E-state index in [1.807, 2.05) is 23.1 Å². The van der Waals surface area contributed by atoms with Crippen LogP contribution in [0.25, 0.3) is 0 Å². The van der Waals surface area contributed by atoms with Crippen molar-refractivity contribution in [2.24, 2.45) is 0 Å². The van der Waals surface area contributed by atoms with Crippen LogP contribution >= 0.6 is 0 Å². The van der Waals surface area contributed by atoms with Crippen LogP contribution in [0, 0.1) is 0 Å². The number of nitrogens with zero attached hydrogens (tertiary/aromatic N) is 1. The van der Waals surface area contributed by atoms with Gasteiger partial charge in [0.2, 0.25) is 0 Å². The van der Waals surface area contributed by atoms with Gasteiger partial charge in [-0.2, -0.15) is 0 Å². The zero-order chi connectivity index (χ0) is 15.1. The highest BCUT2D eigenvalue weighted by Crippen LogP contribution is 2.16. The number of nitrogens with one attached hydrogen (secondary N) is 1. The fourth-order valence-corrected chi connectivity index (χ4v) is 2.52. The summed E-state index contributed by atoms with van der Waals surface area (Å²) in [4.78, 5) is 14.4. The van der Waals surface area contributed by atoms with E-state index < -0.39 is 6.10 Å². The molecule has 1 aliphatic rings. The van der Waals surface area contributed by atoms with E-state index in [-0.39, 0.29) is 19.1 Å². The van der Waals surface area contributed by atoms with Gasteiger partial charge in [0.05, 0.1) is 12.7 Å². The van der Waals surface area contributed by atoms with Crippen LogP contribution in [0.1, 0.15) is 36.0 Å². The smallest absolute Gasteiger partial charge is 0.253 e. The second kappa shape index (κ2) is 8.00. The highest BCUT2D eigenvalue weighted by molar-refractivity contribution is 5.95. The van der Waals surface area contributed by atoms with Crippen molar-refractivity contribution in [1.29, 1.82) is 0 Å². The maximum absolute atomic E-state index is 12.5. The minimum Gasteiger partial charge on any atom is -0.394 e. The maximum Gasteiger partial charge on any atom is 0.253 e. The Balaban J connectivity index is 2.00. The third-order valence-electron chi connectivity index (χ3n) is 3.76. The van der Waals surface area contributed by atoms with Crippen molar-refractivity contribution < 1.29 is 15.0 Å². The van der Waals surface area contributed by atoms with Gasteiger partial charge in [-0.3, -0.25) is 4.79 Å². The number of aliphatic hydroxyl groups excluding tert-OH is 2.